The maximum Gasteiger partial charge on any atom is 0.172 e. The molecular formula is C7H6BrFO2. The van der Waals surface area contributed by atoms with Crippen LogP contribution in [0.4, 0.5) is 4.39 Å². The first-order chi connectivity index (χ1) is 5.15. The first-order valence-electron chi connectivity index (χ1n) is 2.87. The van der Waals surface area contributed by atoms with Crippen LogP contribution in [0, 0.1) is 5.82 Å². The summed E-state index contributed by atoms with van der Waals surface area (Å²) in [6.45, 7) is 0. The van der Waals surface area contributed by atoms with E-state index in [0.717, 1.165) is 12.1 Å². The van der Waals surface area contributed by atoms with Crippen LogP contribution in [0.1, 0.15) is 0 Å². The first-order valence-corrected chi connectivity index (χ1v) is 3.66. The molecule has 0 aliphatic rings. The van der Waals surface area contributed by atoms with Crippen LogP contribution >= 0.6 is 15.9 Å². The van der Waals surface area contributed by atoms with Gasteiger partial charge in [0.2, 0.25) is 0 Å². The van der Waals surface area contributed by atoms with Gasteiger partial charge in [-0.1, -0.05) is 0 Å². The van der Waals surface area contributed by atoms with Crippen molar-refractivity contribution in [2.24, 2.45) is 0 Å². The summed E-state index contributed by atoms with van der Waals surface area (Å²) in [6, 6.07) is 2.28. The maximum atomic E-state index is 12.6. The predicted octanol–water partition coefficient (Wildman–Crippen LogP) is 2.30. The van der Waals surface area contributed by atoms with E-state index >= 15 is 0 Å². The molecular weight excluding hydrogens is 215 g/mol. The standard InChI is InChI=1S/C7H6BrFO2/c1-11-6-3-4(9)2-5(8)7(6)10/h2-3,10H,1H3. The lowest BCUT2D eigenvalue weighted by molar-refractivity contribution is 0.368. The van der Waals surface area contributed by atoms with Crippen molar-refractivity contribution in [2.45, 2.75) is 0 Å². The summed E-state index contributed by atoms with van der Waals surface area (Å²) in [6.07, 6.45) is 0. The van der Waals surface area contributed by atoms with Gasteiger partial charge < -0.3 is 9.84 Å². The molecule has 0 heterocycles. The van der Waals surface area contributed by atoms with Gasteiger partial charge >= 0.3 is 0 Å². The number of hydrogen-bond donors (Lipinski definition) is 1. The Morgan fingerprint density at radius 3 is 2.73 bits per heavy atom. The lowest BCUT2D eigenvalue weighted by atomic mass is 10.3. The lowest BCUT2D eigenvalue weighted by Gasteiger charge is -2.03. The average molecular weight is 221 g/mol. The number of phenols is 1. The molecule has 0 atom stereocenters. The number of ether oxygens (including phenoxy) is 1. The van der Waals surface area contributed by atoms with Crippen LogP contribution in [0.2, 0.25) is 0 Å². The Balaban J connectivity index is 3.24. The molecule has 60 valence electrons. The predicted molar refractivity (Wildman–Crippen MR) is 42.3 cm³/mol. The van der Waals surface area contributed by atoms with Gasteiger partial charge in [0.05, 0.1) is 11.6 Å². The van der Waals surface area contributed by atoms with Crippen molar-refractivity contribution in [3.8, 4) is 11.5 Å². The van der Waals surface area contributed by atoms with E-state index in [9.17, 15) is 9.50 Å². The highest BCUT2D eigenvalue weighted by atomic mass is 79.9. The van der Waals surface area contributed by atoms with E-state index in [2.05, 4.69) is 20.7 Å². The van der Waals surface area contributed by atoms with E-state index in [-0.39, 0.29) is 16.0 Å². The minimum Gasteiger partial charge on any atom is -0.503 e. The van der Waals surface area contributed by atoms with Crippen molar-refractivity contribution < 1.29 is 14.2 Å². The van der Waals surface area contributed by atoms with Gasteiger partial charge in [0.25, 0.3) is 0 Å². The van der Waals surface area contributed by atoms with Crippen LogP contribution in [0.15, 0.2) is 16.6 Å². The molecule has 0 spiro atoms. The zero-order valence-corrected chi connectivity index (χ0v) is 7.35. The molecule has 2 nitrogen and oxygen atoms in total. The third kappa shape index (κ3) is 1.63. The Morgan fingerprint density at radius 2 is 2.18 bits per heavy atom. The van der Waals surface area contributed by atoms with Crippen molar-refractivity contribution >= 4 is 15.9 Å². The molecule has 0 amide bonds. The fourth-order valence-electron chi connectivity index (χ4n) is 0.698. The molecule has 0 aromatic heterocycles. The number of aromatic hydroxyl groups is 1. The summed E-state index contributed by atoms with van der Waals surface area (Å²) in [5.74, 6) is -0.419. The Labute approximate surface area is 71.7 Å². The Kier molecular flexibility index (Phi) is 2.34. The van der Waals surface area contributed by atoms with Crippen LogP contribution in [0.25, 0.3) is 0 Å². The van der Waals surface area contributed by atoms with E-state index in [1.165, 1.54) is 7.11 Å². The molecule has 0 saturated carbocycles. The molecule has 1 aromatic rings. The SMILES string of the molecule is COc1cc(F)cc(Br)c1O. The van der Waals surface area contributed by atoms with Crippen LogP contribution in [-0.4, -0.2) is 12.2 Å². The quantitative estimate of drug-likeness (QED) is 0.788. The number of halogens is 2. The molecule has 0 saturated heterocycles. The monoisotopic (exact) mass is 220 g/mol. The van der Waals surface area contributed by atoms with Gasteiger partial charge in [-0.15, -0.1) is 0 Å². The Hall–Kier alpha value is -0.770. The normalized spacial score (nSPS) is 9.73. The summed E-state index contributed by atoms with van der Waals surface area (Å²) in [5, 5.41) is 9.18. The van der Waals surface area contributed by atoms with Crippen molar-refractivity contribution in [2.75, 3.05) is 7.11 Å². The van der Waals surface area contributed by atoms with Crippen LogP contribution in [0.3, 0.4) is 0 Å². The summed E-state index contributed by atoms with van der Waals surface area (Å²) >= 11 is 2.97. The topological polar surface area (TPSA) is 29.5 Å². The van der Waals surface area contributed by atoms with E-state index < -0.39 is 5.82 Å². The highest BCUT2D eigenvalue weighted by molar-refractivity contribution is 9.10. The van der Waals surface area contributed by atoms with Crippen LogP contribution < -0.4 is 4.74 Å². The number of methoxy groups -OCH3 is 1. The van der Waals surface area contributed by atoms with Crippen molar-refractivity contribution in [3.05, 3.63) is 22.4 Å². The molecule has 0 unspecified atom stereocenters. The minimum atomic E-state index is -0.452. The van der Waals surface area contributed by atoms with Crippen LogP contribution in [-0.2, 0) is 0 Å². The largest absolute Gasteiger partial charge is 0.503 e. The molecule has 0 radical (unpaired) electrons. The molecule has 11 heavy (non-hydrogen) atoms. The van der Waals surface area contributed by atoms with Gasteiger partial charge in [-0.25, -0.2) is 4.39 Å². The molecule has 1 N–H and O–H groups in total. The van der Waals surface area contributed by atoms with Crippen molar-refractivity contribution in [3.63, 3.8) is 0 Å². The second-order valence-corrected chi connectivity index (χ2v) is 2.79. The van der Waals surface area contributed by atoms with Crippen LogP contribution in [0.5, 0.6) is 11.5 Å². The van der Waals surface area contributed by atoms with Crippen molar-refractivity contribution in [1.29, 1.82) is 0 Å². The molecule has 4 heteroatoms. The summed E-state index contributed by atoms with van der Waals surface area (Å²) in [7, 11) is 1.36. The van der Waals surface area contributed by atoms with Gasteiger partial charge in [0.1, 0.15) is 5.82 Å². The number of rotatable bonds is 1. The summed E-state index contributed by atoms with van der Waals surface area (Å²) in [4.78, 5) is 0. The molecule has 0 fully saturated rings. The van der Waals surface area contributed by atoms with Gasteiger partial charge in [0.15, 0.2) is 11.5 Å². The van der Waals surface area contributed by atoms with Gasteiger partial charge in [0, 0.05) is 6.07 Å². The number of phenolic OH excluding ortho intramolecular Hbond substituents is 1. The average Bonchev–Trinajstić information content (AvgIpc) is 1.96. The van der Waals surface area contributed by atoms with E-state index in [0.29, 0.717) is 0 Å². The van der Waals surface area contributed by atoms with Gasteiger partial charge in [-0.2, -0.15) is 0 Å². The maximum absolute atomic E-state index is 12.6. The second-order valence-electron chi connectivity index (χ2n) is 1.94. The first kappa shape index (κ1) is 8.33. The smallest absolute Gasteiger partial charge is 0.172 e. The highest BCUT2D eigenvalue weighted by Gasteiger charge is 2.07. The molecule has 0 bridgehead atoms. The van der Waals surface area contributed by atoms with Gasteiger partial charge in [-0.05, 0) is 22.0 Å². The third-order valence-corrected chi connectivity index (χ3v) is 1.82. The minimum absolute atomic E-state index is 0.0890. The highest BCUT2D eigenvalue weighted by Crippen LogP contribution is 2.34. The van der Waals surface area contributed by atoms with E-state index in [1.807, 2.05) is 0 Å². The second kappa shape index (κ2) is 3.09. The zero-order chi connectivity index (χ0) is 8.43. The molecule has 0 aliphatic carbocycles. The van der Waals surface area contributed by atoms with Crippen molar-refractivity contribution in [1.82, 2.24) is 0 Å². The van der Waals surface area contributed by atoms with E-state index in [1.54, 1.807) is 0 Å². The third-order valence-electron chi connectivity index (χ3n) is 1.21. The van der Waals surface area contributed by atoms with E-state index in [4.69, 9.17) is 0 Å². The number of benzene rings is 1. The summed E-state index contributed by atoms with van der Waals surface area (Å²) in [5.41, 5.74) is 0. The lowest BCUT2D eigenvalue weighted by Crippen LogP contribution is -1.85. The Bertz CT molecular complexity index is 275. The molecule has 1 rings (SSSR count). The molecule has 0 aliphatic heterocycles. The summed E-state index contributed by atoms with van der Waals surface area (Å²) < 4.78 is 17.5. The fraction of sp³-hybridized carbons (Fsp3) is 0.143. The van der Waals surface area contributed by atoms with Gasteiger partial charge in [-0.3, -0.25) is 0 Å². The fourth-order valence-corrected chi connectivity index (χ4v) is 1.11. The Morgan fingerprint density at radius 1 is 1.55 bits per heavy atom. The zero-order valence-electron chi connectivity index (χ0n) is 5.77. The number of hydrogen-bond acceptors (Lipinski definition) is 2. The molecule has 1 aromatic carbocycles.